The van der Waals surface area contributed by atoms with Gasteiger partial charge in [0, 0.05) is 11.6 Å². The second kappa shape index (κ2) is 5.55. The van der Waals surface area contributed by atoms with Gasteiger partial charge >= 0.3 is 0 Å². The Kier molecular flexibility index (Phi) is 4.05. The van der Waals surface area contributed by atoms with Crippen molar-refractivity contribution in [3.63, 3.8) is 0 Å². The average molecular weight is 245 g/mol. The van der Waals surface area contributed by atoms with Crippen molar-refractivity contribution in [1.82, 2.24) is 5.32 Å². The van der Waals surface area contributed by atoms with E-state index in [1.807, 2.05) is 18.2 Å². The molecule has 1 aliphatic rings. The molecule has 1 N–H and O–H groups in total. The van der Waals surface area contributed by atoms with Gasteiger partial charge in [-0.25, -0.2) is 0 Å². The fraction of sp³-hybridized carbons (Fsp3) is 0.562. The molecule has 0 spiro atoms. The van der Waals surface area contributed by atoms with Gasteiger partial charge in [-0.1, -0.05) is 25.8 Å². The van der Waals surface area contributed by atoms with Crippen LogP contribution in [0, 0.1) is 19.8 Å². The average Bonchev–Trinajstić information content (AvgIpc) is 2.35. The zero-order chi connectivity index (χ0) is 13.1. The van der Waals surface area contributed by atoms with Crippen LogP contribution in [0.15, 0.2) is 18.2 Å². The molecule has 1 fully saturated rings. The van der Waals surface area contributed by atoms with Crippen molar-refractivity contribution in [1.29, 1.82) is 0 Å². The van der Waals surface area contributed by atoms with E-state index in [9.17, 15) is 4.79 Å². The number of carbonyl (C=O) groups is 1. The Labute approximate surface area is 110 Å². The predicted molar refractivity (Wildman–Crippen MR) is 74.8 cm³/mol. The van der Waals surface area contributed by atoms with E-state index >= 15 is 0 Å². The fourth-order valence-electron chi connectivity index (χ4n) is 2.67. The van der Waals surface area contributed by atoms with Crippen molar-refractivity contribution in [2.24, 2.45) is 5.92 Å². The van der Waals surface area contributed by atoms with Crippen LogP contribution in [0.5, 0.6) is 0 Å². The molecule has 2 nitrogen and oxygen atoms in total. The Hall–Kier alpha value is -1.31. The SMILES string of the molecule is Cc1ccc(C(=O)N[C@H]2CCCC[C@H]2C)cc1C. The maximum Gasteiger partial charge on any atom is 0.251 e. The number of carbonyl (C=O) groups excluding carboxylic acids is 1. The van der Waals surface area contributed by atoms with Gasteiger partial charge < -0.3 is 5.32 Å². The number of rotatable bonds is 2. The number of aryl methyl sites for hydroxylation is 2. The Balaban J connectivity index is 2.04. The van der Waals surface area contributed by atoms with E-state index in [4.69, 9.17) is 0 Å². The van der Waals surface area contributed by atoms with Crippen LogP contribution in [0.3, 0.4) is 0 Å². The van der Waals surface area contributed by atoms with Crippen LogP contribution in [0.25, 0.3) is 0 Å². The minimum Gasteiger partial charge on any atom is -0.349 e. The Bertz CT molecular complexity index is 439. The summed E-state index contributed by atoms with van der Waals surface area (Å²) < 4.78 is 0. The summed E-state index contributed by atoms with van der Waals surface area (Å²) in [7, 11) is 0. The van der Waals surface area contributed by atoms with Gasteiger partial charge in [0.15, 0.2) is 0 Å². The highest BCUT2D eigenvalue weighted by Crippen LogP contribution is 2.24. The lowest BCUT2D eigenvalue weighted by Gasteiger charge is -2.29. The van der Waals surface area contributed by atoms with Gasteiger partial charge in [0.05, 0.1) is 0 Å². The van der Waals surface area contributed by atoms with Gasteiger partial charge in [0.1, 0.15) is 0 Å². The number of benzene rings is 1. The molecule has 1 aliphatic carbocycles. The van der Waals surface area contributed by atoms with Crippen LogP contribution in [0.1, 0.15) is 54.1 Å². The molecule has 98 valence electrons. The minimum absolute atomic E-state index is 0.0804. The molecule has 0 radical (unpaired) electrons. The third-order valence-electron chi connectivity index (χ3n) is 4.20. The standard InChI is InChI=1S/C16H23NO/c1-11-8-9-14(10-13(11)3)16(18)17-15-7-5-4-6-12(15)2/h8-10,12,15H,4-7H2,1-3H3,(H,17,18)/t12-,15+/m1/s1. The largest absolute Gasteiger partial charge is 0.349 e. The second-order valence-electron chi connectivity index (χ2n) is 5.64. The molecule has 1 saturated carbocycles. The van der Waals surface area contributed by atoms with E-state index in [1.165, 1.54) is 30.4 Å². The Morgan fingerprint density at radius 3 is 2.56 bits per heavy atom. The van der Waals surface area contributed by atoms with Crippen molar-refractivity contribution in [3.8, 4) is 0 Å². The molecule has 0 bridgehead atoms. The Morgan fingerprint density at radius 1 is 1.17 bits per heavy atom. The van der Waals surface area contributed by atoms with Gasteiger partial charge in [0.2, 0.25) is 0 Å². The predicted octanol–water partition coefficient (Wildman–Crippen LogP) is 3.61. The van der Waals surface area contributed by atoms with E-state index in [-0.39, 0.29) is 5.91 Å². The van der Waals surface area contributed by atoms with Crippen LogP contribution < -0.4 is 5.32 Å². The molecule has 0 aromatic heterocycles. The Morgan fingerprint density at radius 2 is 1.89 bits per heavy atom. The maximum absolute atomic E-state index is 12.2. The van der Waals surface area contributed by atoms with E-state index in [0.29, 0.717) is 12.0 Å². The number of amides is 1. The minimum atomic E-state index is 0.0804. The summed E-state index contributed by atoms with van der Waals surface area (Å²) in [6.07, 6.45) is 4.90. The molecular weight excluding hydrogens is 222 g/mol. The number of nitrogens with one attached hydrogen (secondary N) is 1. The summed E-state index contributed by atoms with van der Waals surface area (Å²) in [5, 5.41) is 3.19. The number of hydrogen-bond donors (Lipinski definition) is 1. The topological polar surface area (TPSA) is 29.1 Å². The lowest BCUT2D eigenvalue weighted by molar-refractivity contribution is 0.0910. The summed E-state index contributed by atoms with van der Waals surface area (Å²) in [6.45, 7) is 6.36. The molecule has 0 heterocycles. The third kappa shape index (κ3) is 2.92. The number of hydrogen-bond acceptors (Lipinski definition) is 1. The van der Waals surface area contributed by atoms with Crippen LogP contribution >= 0.6 is 0 Å². The maximum atomic E-state index is 12.2. The molecular formula is C16H23NO. The third-order valence-corrected chi connectivity index (χ3v) is 4.20. The van der Waals surface area contributed by atoms with Gasteiger partial charge in [-0.15, -0.1) is 0 Å². The molecule has 2 rings (SSSR count). The van der Waals surface area contributed by atoms with E-state index in [1.54, 1.807) is 0 Å². The van der Waals surface area contributed by atoms with E-state index in [2.05, 4.69) is 26.1 Å². The van der Waals surface area contributed by atoms with Gasteiger partial charge in [-0.05, 0) is 55.9 Å². The normalized spacial score (nSPS) is 23.7. The van der Waals surface area contributed by atoms with E-state index < -0.39 is 0 Å². The molecule has 0 unspecified atom stereocenters. The molecule has 0 saturated heterocycles. The van der Waals surface area contributed by atoms with Gasteiger partial charge in [-0.2, -0.15) is 0 Å². The quantitative estimate of drug-likeness (QED) is 0.847. The van der Waals surface area contributed by atoms with Crippen LogP contribution in [-0.4, -0.2) is 11.9 Å². The first kappa shape index (κ1) is 13.1. The smallest absolute Gasteiger partial charge is 0.251 e. The molecule has 18 heavy (non-hydrogen) atoms. The monoisotopic (exact) mass is 245 g/mol. The highest BCUT2D eigenvalue weighted by atomic mass is 16.1. The molecule has 2 atom stereocenters. The highest BCUT2D eigenvalue weighted by Gasteiger charge is 2.23. The fourth-order valence-corrected chi connectivity index (χ4v) is 2.67. The van der Waals surface area contributed by atoms with Gasteiger partial charge in [0.25, 0.3) is 5.91 Å². The van der Waals surface area contributed by atoms with Gasteiger partial charge in [-0.3, -0.25) is 4.79 Å². The van der Waals surface area contributed by atoms with Crippen LogP contribution in [-0.2, 0) is 0 Å². The summed E-state index contributed by atoms with van der Waals surface area (Å²) in [5.41, 5.74) is 3.20. The summed E-state index contributed by atoms with van der Waals surface area (Å²) >= 11 is 0. The van der Waals surface area contributed by atoms with Crippen molar-refractivity contribution in [2.75, 3.05) is 0 Å². The molecule has 2 heteroatoms. The van der Waals surface area contributed by atoms with E-state index in [0.717, 1.165) is 12.0 Å². The van der Waals surface area contributed by atoms with Crippen LogP contribution in [0.4, 0.5) is 0 Å². The molecule has 1 amide bonds. The lowest BCUT2D eigenvalue weighted by Crippen LogP contribution is -2.41. The zero-order valence-electron chi connectivity index (χ0n) is 11.6. The zero-order valence-corrected chi connectivity index (χ0v) is 11.6. The van der Waals surface area contributed by atoms with Crippen LogP contribution in [0.2, 0.25) is 0 Å². The molecule has 1 aromatic rings. The van der Waals surface area contributed by atoms with Crippen molar-refractivity contribution < 1.29 is 4.79 Å². The van der Waals surface area contributed by atoms with Crippen molar-refractivity contribution >= 4 is 5.91 Å². The molecule has 0 aliphatic heterocycles. The first-order chi connectivity index (χ1) is 8.58. The lowest BCUT2D eigenvalue weighted by atomic mass is 9.86. The summed E-state index contributed by atoms with van der Waals surface area (Å²) in [6, 6.07) is 6.28. The first-order valence-electron chi connectivity index (χ1n) is 6.96. The first-order valence-corrected chi connectivity index (χ1v) is 6.96. The van der Waals surface area contributed by atoms with Crippen molar-refractivity contribution in [3.05, 3.63) is 34.9 Å². The summed E-state index contributed by atoms with van der Waals surface area (Å²) in [5.74, 6) is 0.686. The molecule has 1 aromatic carbocycles. The second-order valence-corrected chi connectivity index (χ2v) is 5.64. The summed E-state index contributed by atoms with van der Waals surface area (Å²) in [4.78, 5) is 12.2. The van der Waals surface area contributed by atoms with Crippen molar-refractivity contribution in [2.45, 2.75) is 52.5 Å². The highest BCUT2D eigenvalue weighted by molar-refractivity contribution is 5.94.